The van der Waals surface area contributed by atoms with Crippen LogP contribution in [0.5, 0.6) is 0 Å². The summed E-state index contributed by atoms with van der Waals surface area (Å²) in [5.41, 5.74) is -6.09. The van der Waals surface area contributed by atoms with E-state index in [4.69, 9.17) is 9.47 Å². The number of aliphatic hydroxyl groups excluding tert-OH is 3. The van der Waals surface area contributed by atoms with Crippen LogP contribution in [0.3, 0.4) is 0 Å². The van der Waals surface area contributed by atoms with Gasteiger partial charge in [-0.1, -0.05) is 52.8 Å². The lowest BCUT2D eigenvalue weighted by Gasteiger charge is -2.67. The fourth-order valence-electron chi connectivity index (χ4n) is 9.40. The highest BCUT2D eigenvalue weighted by atomic mass is 16.6. The average molecular weight is 593 g/mol. The van der Waals surface area contributed by atoms with Gasteiger partial charge in [-0.25, -0.2) is 0 Å². The highest BCUT2D eigenvalue weighted by molar-refractivity contribution is 5.67. The van der Waals surface area contributed by atoms with Crippen molar-refractivity contribution in [3.63, 3.8) is 0 Å². The van der Waals surface area contributed by atoms with Gasteiger partial charge < -0.3 is 35.0 Å². The molecule has 42 heavy (non-hydrogen) atoms. The Kier molecular flexibility index (Phi) is 9.16. The van der Waals surface area contributed by atoms with Gasteiger partial charge in [-0.3, -0.25) is 9.59 Å². The molecule has 1 unspecified atom stereocenters. The van der Waals surface area contributed by atoms with Crippen LogP contribution in [0.2, 0.25) is 0 Å². The minimum absolute atomic E-state index is 0.188. The zero-order valence-corrected chi connectivity index (χ0v) is 26.2. The molecule has 4 rings (SSSR count). The molecule has 0 heterocycles. The number of esters is 2. The van der Waals surface area contributed by atoms with Gasteiger partial charge in [0.1, 0.15) is 30.0 Å². The molecule has 0 aromatic rings. The van der Waals surface area contributed by atoms with E-state index in [0.717, 1.165) is 12.8 Å². The lowest BCUT2D eigenvalue weighted by Crippen LogP contribution is -2.80. The molecule has 3 fully saturated rings. The maximum atomic E-state index is 13.0. The minimum atomic E-state index is -2.18. The van der Waals surface area contributed by atoms with Crippen LogP contribution in [-0.4, -0.2) is 79.7 Å². The summed E-state index contributed by atoms with van der Waals surface area (Å²) >= 11 is 0. The molecule has 3 saturated carbocycles. The molecule has 0 aliphatic heterocycles. The molecule has 9 heteroatoms. The van der Waals surface area contributed by atoms with E-state index in [1.807, 2.05) is 0 Å². The van der Waals surface area contributed by atoms with Gasteiger partial charge in [-0.2, -0.15) is 0 Å². The molecule has 5 N–H and O–H groups in total. The Morgan fingerprint density at radius 2 is 1.64 bits per heavy atom. The van der Waals surface area contributed by atoms with E-state index in [9.17, 15) is 35.1 Å². The quantitative estimate of drug-likeness (QED) is 0.211. The van der Waals surface area contributed by atoms with Crippen molar-refractivity contribution in [2.45, 2.75) is 123 Å². The number of ether oxygens (including phenoxy) is 2. The normalized spacial score (nSPS) is 44.5. The average Bonchev–Trinajstić information content (AvgIpc) is 3.23. The Hall–Kier alpha value is -1.78. The number of allylic oxidation sites excluding steroid dienone is 2. The molecule has 0 amide bonds. The van der Waals surface area contributed by atoms with E-state index in [2.05, 4.69) is 46.8 Å². The van der Waals surface area contributed by atoms with Crippen LogP contribution in [-0.2, 0) is 19.1 Å². The molecule has 238 valence electrons. The second-order valence-electron chi connectivity index (χ2n) is 14.3. The summed E-state index contributed by atoms with van der Waals surface area (Å²) in [6.07, 6.45) is 2.68. The highest BCUT2D eigenvalue weighted by Gasteiger charge is 2.77. The molecule has 0 bridgehead atoms. The Labute approximate surface area is 250 Å². The van der Waals surface area contributed by atoms with Crippen LogP contribution in [0.4, 0.5) is 0 Å². The SMILES string of the molecule is CC[C@H](/C=C/[C@@H](C)[C@H]1CCC2C3=C[C@@H](O)[C@@]4(O)C[C@@H](O)[C@H](O)C[C@]4(COC(C)=O)[C@@]3(O)[C@H](OC(C)=O)C[C@@]21C)C(C)C. The standard InChI is InChI=1S/C33H52O9/c1-8-22(18(2)3)10-9-19(4)23-11-12-24-25-13-28(38)32(39)15-27(37)26(36)14-31(32,17-41-20(5)34)33(25,40)29(42-21(6)35)16-30(23,24)7/h9-10,13,18-19,22-24,26-29,36-40H,8,11-12,14-17H2,1-7H3/b10-9+/t19-,22-,23-,24?,26-,27-,28-,29-,30-,31-,32+,33+/m1/s1. The van der Waals surface area contributed by atoms with Gasteiger partial charge in [-0.05, 0) is 72.7 Å². The second kappa shape index (κ2) is 11.6. The Bertz CT molecular complexity index is 1100. The van der Waals surface area contributed by atoms with Crippen molar-refractivity contribution in [2.24, 2.45) is 40.4 Å². The summed E-state index contributed by atoms with van der Waals surface area (Å²) in [4.78, 5) is 24.6. The first-order valence-corrected chi connectivity index (χ1v) is 15.7. The third-order valence-electron chi connectivity index (χ3n) is 11.7. The molecule has 0 saturated heterocycles. The Balaban J connectivity index is 1.86. The van der Waals surface area contributed by atoms with Crippen molar-refractivity contribution in [1.29, 1.82) is 0 Å². The van der Waals surface area contributed by atoms with Crippen molar-refractivity contribution < 1.29 is 44.6 Å². The predicted molar refractivity (Wildman–Crippen MR) is 156 cm³/mol. The van der Waals surface area contributed by atoms with Crippen LogP contribution < -0.4 is 0 Å². The van der Waals surface area contributed by atoms with Crippen LogP contribution in [0.15, 0.2) is 23.8 Å². The van der Waals surface area contributed by atoms with Crippen LogP contribution in [0.1, 0.15) is 87.0 Å². The number of carbonyl (C=O) groups excluding carboxylic acids is 2. The Morgan fingerprint density at radius 3 is 2.21 bits per heavy atom. The summed E-state index contributed by atoms with van der Waals surface area (Å²) in [6.45, 7) is 12.9. The first-order chi connectivity index (χ1) is 19.5. The highest BCUT2D eigenvalue weighted by Crippen LogP contribution is 2.69. The number of hydrogen-bond acceptors (Lipinski definition) is 9. The van der Waals surface area contributed by atoms with E-state index < -0.39 is 71.4 Å². The van der Waals surface area contributed by atoms with Gasteiger partial charge >= 0.3 is 11.9 Å². The molecule has 0 aromatic carbocycles. The van der Waals surface area contributed by atoms with Crippen molar-refractivity contribution in [3.05, 3.63) is 23.8 Å². The van der Waals surface area contributed by atoms with Crippen LogP contribution in [0.25, 0.3) is 0 Å². The minimum Gasteiger partial charge on any atom is -0.465 e. The molecular weight excluding hydrogens is 540 g/mol. The van der Waals surface area contributed by atoms with E-state index in [-0.39, 0.29) is 30.6 Å². The van der Waals surface area contributed by atoms with Crippen molar-refractivity contribution in [2.75, 3.05) is 6.61 Å². The zero-order valence-electron chi connectivity index (χ0n) is 26.2. The molecule has 0 radical (unpaired) electrons. The monoisotopic (exact) mass is 592 g/mol. The molecule has 4 aliphatic rings. The number of aliphatic hydroxyl groups is 5. The third kappa shape index (κ3) is 4.97. The third-order valence-corrected chi connectivity index (χ3v) is 11.7. The maximum Gasteiger partial charge on any atom is 0.303 e. The van der Waals surface area contributed by atoms with Gasteiger partial charge in [0.05, 0.1) is 17.6 Å². The Morgan fingerprint density at radius 1 is 1.00 bits per heavy atom. The van der Waals surface area contributed by atoms with E-state index in [1.54, 1.807) is 0 Å². The van der Waals surface area contributed by atoms with Gasteiger partial charge in [0.25, 0.3) is 0 Å². The van der Waals surface area contributed by atoms with E-state index in [1.165, 1.54) is 19.9 Å². The van der Waals surface area contributed by atoms with Crippen LogP contribution in [0, 0.1) is 40.4 Å². The van der Waals surface area contributed by atoms with Gasteiger partial charge in [0.15, 0.2) is 0 Å². The van der Waals surface area contributed by atoms with Gasteiger partial charge in [0, 0.05) is 20.3 Å². The summed E-state index contributed by atoms with van der Waals surface area (Å²) in [6, 6.07) is 0. The van der Waals surface area contributed by atoms with E-state index in [0.29, 0.717) is 23.8 Å². The first-order valence-electron chi connectivity index (χ1n) is 15.7. The zero-order chi connectivity index (χ0) is 31.4. The molecule has 4 aliphatic carbocycles. The van der Waals surface area contributed by atoms with Crippen molar-refractivity contribution in [1.82, 2.24) is 0 Å². The lowest BCUT2D eigenvalue weighted by atomic mass is 9.42. The summed E-state index contributed by atoms with van der Waals surface area (Å²) in [7, 11) is 0. The summed E-state index contributed by atoms with van der Waals surface area (Å²) in [5, 5.41) is 58.2. The number of carbonyl (C=O) groups is 2. The predicted octanol–water partition coefficient (Wildman–Crippen LogP) is 3.06. The topological polar surface area (TPSA) is 154 Å². The number of fused-ring (bicyclic) bond motifs is 5. The first kappa shape index (κ1) is 33.1. The number of rotatable bonds is 8. The van der Waals surface area contributed by atoms with Crippen LogP contribution >= 0.6 is 0 Å². The van der Waals surface area contributed by atoms with Gasteiger partial charge in [-0.15, -0.1) is 0 Å². The fourth-order valence-corrected chi connectivity index (χ4v) is 9.40. The van der Waals surface area contributed by atoms with Gasteiger partial charge in [0.2, 0.25) is 0 Å². The smallest absolute Gasteiger partial charge is 0.303 e. The van der Waals surface area contributed by atoms with E-state index >= 15 is 0 Å². The largest absolute Gasteiger partial charge is 0.465 e. The van der Waals surface area contributed by atoms with Crippen molar-refractivity contribution in [3.8, 4) is 0 Å². The molecule has 9 nitrogen and oxygen atoms in total. The fraction of sp³-hybridized carbons (Fsp3) is 0.818. The van der Waals surface area contributed by atoms with Crippen molar-refractivity contribution >= 4 is 11.9 Å². The molecule has 12 atom stereocenters. The number of hydrogen-bond donors (Lipinski definition) is 5. The molecular formula is C33H52O9. The molecule has 0 aromatic heterocycles. The summed E-state index contributed by atoms with van der Waals surface area (Å²) in [5.74, 6) is -0.134. The lowest BCUT2D eigenvalue weighted by molar-refractivity contribution is -0.313. The maximum absolute atomic E-state index is 13.0. The second-order valence-corrected chi connectivity index (χ2v) is 14.3. The summed E-state index contributed by atoms with van der Waals surface area (Å²) < 4.78 is 11.4. The molecule has 0 spiro atoms.